The zero-order valence-electron chi connectivity index (χ0n) is 28.3. The molecule has 0 aliphatic carbocycles. The molecule has 9 heteroatoms. The molecule has 0 aromatic carbocycles. The number of hydrogen-bond donors (Lipinski definition) is 2. The van der Waals surface area contributed by atoms with Crippen LogP contribution in [0.15, 0.2) is 11.6 Å². The van der Waals surface area contributed by atoms with Crippen molar-refractivity contribution in [2.45, 2.75) is 144 Å². The van der Waals surface area contributed by atoms with Crippen molar-refractivity contribution in [1.29, 1.82) is 0 Å². The molecule has 2 fully saturated rings. The van der Waals surface area contributed by atoms with E-state index in [1.165, 1.54) is 0 Å². The normalized spacial score (nSPS) is 22.6. The Hall–Kier alpha value is -2.42. The third kappa shape index (κ3) is 9.04. The Morgan fingerprint density at radius 1 is 0.905 bits per heavy atom. The van der Waals surface area contributed by atoms with E-state index < -0.39 is 17.5 Å². The van der Waals surface area contributed by atoms with Gasteiger partial charge in [0.15, 0.2) is 0 Å². The van der Waals surface area contributed by atoms with E-state index in [0.29, 0.717) is 18.5 Å². The Morgan fingerprint density at radius 2 is 1.50 bits per heavy atom. The summed E-state index contributed by atoms with van der Waals surface area (Å²) >= 11 is 0. The summed E-state index contributed by atoms with van der Waals surface area (Å²) in [4.78, 5) is 59.7. The van der Waals surface area contributed by atoms with Crippen LogP contribution in [0.25, 0.3) is 0 Å². The highest BCUT2D eigenvalue weighted by Crippen LogP contribution is 2.27. The second-order valence-electron chi connectivity index (χ2n) is 14.2. The minimum Gasteiger partial charge on any atom is -0.352 e. The van der Waals surface area contributed by atoms with Crippen LogP contribution >= 0.6 is 0 Å². The number of carbonyl (C=O) groups is 4. The first-order valence-corrected chi connectivity index (χ1v) is 16.1. The van der Waals surface area contributed by atoms with Gasteiger partial charge >= 0.3 is 0 Å². The third-order valence-electron chi connectivity index (χ3n) is 8.96. The van der Waals surface area contributed by atoms with Crippen molar-refractivity contribution >= 4 is 23.6 Å². The van der Waals surface area contributed by atoms with Crippen molar-refractivity contribution < 1.29 is 19.2 Å². The Bertz CT molecular complexity index is 985. The molecule has 2 saturated heterocycles. The smallest absolute Gasteiger partial charge is 0.249 e. The van der Waals surface area contributed by atoms with Crippen LogP contribution in [0, 0.1) is 11.3 Å². The zero-order chi connectivity index (χ0) is 31.9. The van der Waals surface area contributed by atoms with Crippen LogP contribution in [0.5, 0.6) is 0 Å². The van der Waals surface area contributed by atoms with E-state index >= 15 is 0 Å². The first kappa shape index (κ1) is 35.8. The monoisotopic (exact) mass is 589 g/mol. The maximum atomic E-state index is 14.1. The number of nitrogens with zero attached hydrogens (tertiary/aromatic N) is 3. The van der Waals surface area contributed by atoms with E-state index in [0.717, 1.165) is 38.6 Å². The lowest BCUT2D eigenvalue weighted by molar-refractivity contribution is -0.142. The fourth-order valence-corrected chi connectivity index (χ4v) is 6.12. The van der Waals surface area contributed by atoms with E-state index in [9.17, 15) is 19.2 Å². The number of likely N-dealkylation sites (tertiary alicyclic amines) is 2. The van der Waals surface area contributed by atoms with Crippen LogP contribution in [0.3, 0.4) is 0 Å². The second-order valence-corrected chi connectivity index (χ2v) is 14.2. The van der Waals surface area contributed by atoms with Crippen molar-refractivity contribution in [3.63, 3.8) is 0 Å². The zero-order valence-corrected chi connectivity index (χ0v) is 28.3. The molecule has 2 N–H and O–H groups in total. The van der Waals surface area contributed by atoms with E-state index in [-0.39, 0.29) is 53.7 Å². The molecule has 0 saturated carbocycles. The Kier molecular flexibility index (Phi) is 13.1. The minimum absolute atomic E-state index is 0.0240. The highest BCUT2D eigenvalue weighted by molar-refractivity contribution is 5.97. The van der Waals surface area contributed by atoms with Crippen molar-refractivity contribution in [1.82, 2.24) is 25.3 Å². The van der Waals surface area contributed by atoms with Gasteiger partial charge in [0.2, 0.25) is 23.6 Å². The topological polar surface area (TPSA) is 102 Å². The van der Waals surface area contributed by atoms with Gasteiger partial charge in [-0.2, -0.15) is 0 Å². The summed E-state index contributed by atoms with van der Waals surface area (Å²) in [5.74, 6) is -0.520. The molecule has 42 heavy (non-hydrogen) atoms. The Balaban J connectivity index is 2.26. The number of carbonyl (C=O) groups excluding carboxylic acids is 4. The van der Waals surface area contributed by atoms with E-state index in [1.54, 1.807) is 23.8 Å². The van der Waals surface area contributed by atoms with Gasteiger partial charge in [-0.3, -0.25) is 24.1 Å². The van der Waals surface area contributed by atoms with E-state index in [2.05, 4.69) is 29.4 Å². The van der Waals surface area contributed by atoms with Crippen LogP contribution in [0.1, 0.15) is 108 Å². The summed E-state index contributed by atoms with van der Waals surface area (Å²) < 4.78 is 0. The fourth-order valence-electron chi connectivity index (χ4n) is 6.12. The number of hydrogen-bond acceptors (Lipinski definition) is 5. The van der Waals surface area contributed by atoms with Gasteiger partial charge in [0.1, 0.15) is 12.1 Å². The van der Waals surface area contributed by atoms with Gasteiger partial charge in [-0.15, -0.1) is 0 Å². The van der Waals surface area contributed by atoms with Gasteiger partial charge < -0.3 is 20.4 Å². The molecule has 2 unspecified atom stereocenters. The summed E-state index contributed by atoms with van der Waals surface area (Å²) in [7, 11) is 1.76. The first-order chi connectivity index (χ1) is 19.5. The standard InChI is InChI=1S/C33H59N5O4/c1-12-24(7)34-29(39)26-17-15-19-38(26)31(41)23(6)20-27(21(2)3)36(11)32(42)28(33(8,9)10)35-30(40)25-16-13-14-18-37(25)22(4)5/h20-22,24-28H,12-19H2,1-11H3,(H,34,39)(H,35,40)/b23-20+/t24-,25+,26?,27+,28?/m0/s1. The predicted molar refractivity (Wildman–Crippen MR) is 169 cm³/mol. The molecule has 2 rings (SSSR count). The molecule has 9 nitrogen and oxygen atoms in total. The first-order valence-electron chi connectivity index (χ1n) is 16.1. The molecule has 2 aliphatic heterocycles. The molecule has 240 valence electrons. The van der Waals surface area contributed by atoms with Gasteiger partial charge in [-0.25, -0.2) is 0 Å². The second kappa shape index (κ2) is 15.3. The maximum Gasteiger partial charge on any atom is 0.249 e. The molecule has 0 spiro atoms. The Labute approximate surface area is 255 Å². The van der Waals surface area contributed by atoms with Crippen LogP contribution < -0.4 is 10.6 Å². The predicted octanol–water partition coefficient (Wildman–Crippen LogP) is 4.12. The summed E-state index contributed by atoms with van der Waals surface area (Å²) in [6.45, 7) is 21.3. The van der Waals surface area contributed by atoms with Crippen LogP contribution in [-0.2, 0) is 19.2 Å². The number of amides is 4. The maximum absolute atomic E-state index is 14.1. The molecule has 0 aromatic heterocycles. The summed E-state index contributed by atoms with van der Waals surface area (Å²) in [6.07, 6.45) is 6.98. The third-order valence-corrected chi connectivity index (χ3v) is 8.96. The summed E-state index contributed by atoms with van der Waals surface area (Å²) in [6, 6.07) is -1.49. The molecule has 4 amide bonds. The lowest BCUT2D eigenvalue weighted by Crippen LogP contribution is -2.60. The van der Waals surface area contributed by atoms with Crippen LogP contribution in [0.2, 0.25) is 0 Å². The molecule has 2 aliphatic rings. The van der Waals surface area contributed by atoms with Gasteiger partial charge in [0, 0.05) is 31.2 Å². The summed E-state index contributed by atoms with van der Waals surface area (Å²) in [5.41, 5.74) is 0.00271. The molecular weight excluding hydrogens is 530 g/mol. The summed E-state index contributed by atoms with van der Waals surface area (Å²) in [5, 5.41) is 6.15. The Morgan fingerprint density at radius 3 is 2.05 bits per heavy atom. The molecule has 2 heterocycles. The highest BCUT2D eigenvalue weighted by Gasteiger charge is 2.40. The van der Waals surface area contributed by atoms with Gasteiger partial charge in [0.25, 0.3) is 0 Å². The van der Waals surface area contributed by atoms with Crippen molar-refractivity contribution in [3.05, 3.63) is 11.6 Å². The van der Waals surface area contributed by atoms with Crippen molar-refractivity contribution in [2.75, 3.05) is 20.1 Å². The number of nitrogens with one attached hydrogen (secondary N) is 2. The molecule has 0 aromatic rings. The number of rotatable bonds is 11. The van der Waals surface area contributed by atoms with Crippen LogP contribution in [0.4, 0.5) is 0 Å². The molecule has 0 radical (unpaired) electrons. The van der Waals surface area contributed by atoms with Gasteiger partial charge in [-0.05, 0) is 77.7 Å². The van der Waals surface area contributed by atoms with Crippen molar-refractivity contribution in [2.24, 2.45) is 11.3 Å². The lowest BCUT2D eigenvalue weighted by atomic mass is 9.84. The quantitative estimate of drug-likeness (QED) is 0.353. The number of likely N-dealkylation sites (N-methyl/N-ethyl adjacent to an activating group) is 1. The minimum atomic E-state index is -0.719. The lowest BCUT2D eigenvalue weighted by Gasteiger charge is -2.41. The molecule has 0 bridgehead atoms. The molecular formula is C33H59N5O4. The fraction of sp³-hybridized carbons (Fsp3) is 0.818. The van der Waals surface area contributed by atoms with Gasteiger partial charge in [-0.1, -0.05) is 54.0 Å². The van der Waals surface area contributed by atoms with E-state index in [1.807, 2.05) is 54.5 Å². The molecule has 5 atom stereocenters. The number of piperidine rings is 1. The van der Waals surface area contributed by atoms with Gasteiger partial charge in [0.05, 0.1) is 12.1 Å². The largest absolute Gasteiger partial charge is 0.352 e. The van der Waals surface area contributed by atoms with E-state index in [4.69, 9.17) is 0 Å². The van der Waals surface area contributed by atoms with Crippen molar-refractivity contribution in [3.8, 4) is 0 Å². The van der Waals surface area contributed by atoms with Crippen LogP contribution in [-0.4, -0.2) is 94.7 Å². The average Bonchev–Trinajstić information content (AvgIpc) is 3.42. The average molecular weight is 590 g/mol. The highest BCUT2D eigenvalue weighted by atomic mass is 16.2. The SMILES string of the molecule is CC[C@H](C)NC(=O)C1CCCN1C(=O)/C(C)=C/[C@H](C(C)C)N(C)C(=O)C(NC(=O)[C@H]1CCCCN1C(C)C)C(C)(C)C.